The first-order valence-corrected chi connectivity index (χ1v) is 8.65. The summed E-state index contributed by atoms with van der Waals surface area (Å²) in [4.78, 5) is 25.6. The number of rotatable bonds is 5. The van der Waals surface area contributed by atoms with Crippen LogP contribution in [0.4, 0.5) is 0 Å². The molecular formula is C18H19NO3S. The van der Waals surface area contributed by atoms with Crippen molar-refractivity contribution in [3.05, 3.63) is 57.8 Å². The zero-order chi connectivity index (χ0) is 16.3. The second kappa shape index (κ2) is 6.64. The van der Waals surface area contributed by atoms with Crippen molar-refractivity contribution in [1.82, 2.24) is 5.32 Å². The standard InChI is InChI=1S/C18H19NO3S/c20-16(15-8-5-11-23-15)13-6-1-2-7-14(13)17(21)19-12-18(22)9-3-4-10-18/h1-2,5-8,11,22H,3-4,9-10,12H2,(H,19,21). The first kappa shape index (κ1) is 15.9. The fourth-order valence-corrected chi connectivity index (χ4v) is 3.65. The first-order valence-electron chi connectivity index (χ1n) is 7.77. The molecule has 2 aromatic rings. The van der Waals surface area contributed by atoms with Crippen LogP contribution >= 0.6 is 11.3 Å². The van der Waals surface area contributed by atoms with Gasteiger partial charge in [-0.3, -0.25) is 9.59 Å². The molecule has 0 unspecified atom stereocenters. The van der Waals surface area contributed by atoms with Gasteiger partial charge in [0.2, 0.25) is 5.78 Å². The fraction of sp³-hybridized carbons (Fsp3) is 0.333. The van der Waals surface area contributed by atoms with Crippen molar-refractivity contribution in [2.45, 2.75) is 31.3 Å². The summed E-state index contributed by atoms with van der Waals surface area (Å²) < 4.78 is 0. The van der Waals surface area contributed by atoms with Crippen LogP contribution in [0.1, 0.15) is 51.3 Å². The number of hydrogen-bond acceptors (Lipinski definition) is 4. The lowest BCUT2D eigenvalue weighted by Crippen LogP contribution is -2.41. The van der Waals surface area contributed by atoms with Crippen LogP contribution < -0.4 is 5.32 Å². The van der Waals surface area contributed by atoms with Gasteiger partial charge < -0.3 is 10.4 Å². The van der Waals surface area contributed by atoms with Crippen LogP contribution in [0.5, 0.6) is 0 Å². The lowest BCUT2D eigenvalue weighted by molar-refractivity contribution is 0.0449. The molecule has 4 nitrogen and oxygen atoms in total. The average molecular weight is 329 g/mol. The van der Waals surface area contributed by atoms with Gasteiger partial charge in [-0.25, -0.2) is 0 Å². The van der Waals surface area contributed by atoms with Gasteiger partial charge >= 0.3 is 0 Å². The summed E-state index contributed by atoms with van der Waals surface area (Å²) in [6.07, 6.45) is 3.39. The maximum absolute atomic E-state index is 12.5. The zero-order valence-corrected chi connectivity index (χ0v) is 13.6. The Bertz CT molecular complexity index is 703. The minimum Gasteiger partial charge on any atom is -0.388 e. The molecule has 0 spiro atoms. The molecule has 0 aliphatic heterocycles. The predicted octanol–water partition coefficient (Wildman–Crippen LogP) is 3.01. The fourth-order valence-electron chi connectivity index (χ4n) is 2.97. The molecule has 5 heteroatoms. The lowest BCUT2D eigenvalue weighted by Gasteiger charge is -2.22. The molecule has 3 rings (SSSR count). The van der Waals surface area contributed by atoms with Crippen molar-refractivity contribution in [3.8, 4) is 0 Å². The van der Waals surface area contributed by atoms with Crippen molar-refractivity contribution >= 4 is 23.0 Å². The van der Waals surface area contributed by atoms with Crippen LogP contribution in [0.2, 0.25) is 0 Å². The van der Waals surface area contributed by atoms with E-state index in [1.165, 1.54) is 11.3 Å². The number of nitrogens with one attached hydrogen (secondary N) is 1. The third-order valence-electron chi connectivity index (χ3n) is 4.27. The molecule has 1 aromatic carbocycles. The first-order chi connectivity index (χ1) is 11.1. The summed E-state index contributed by atoms with van der Waals surface area (Å²) in [5.74, 6) is -0.462. The number of carbonyl (C=O) groups is 2. The van der Waals surface area contributed by atoms with Gasteiger partial charge in [0.15, 0.2) is 0 Å². The zero-order valence-electron chi connectivity index (χ0n) is 12.7. The summed E-state index contributed by atoms with van der Waals surface area (Å²) in [5, 5.41) is 15.0. The Morgan fingerprint density at radius 2 is 1.78 bits per heavy atom. The van der Waals surface area contributed by atoms with Gasteiger partial charge in [-0.05, 0) is 30.4 Å². The van der Waals surface area contributed by atoms with Crippen molar-refractivity contribution in [2.24, 2.45) is 0 Å². The molecule has 1 saturated carbocycles. The second-order valence-corrected chi connectivity index (χ2v) is 6.91. The highest BCUT2D eigenvalue weighted by atomic mass is 32.1. The van der Waals surface area contributed by atoms with Crippen molar-refractivity contribution < 1.29 is 14.7 Å². The van der Waals surface area contributed by atoms with Crippen molar-refractivity contribution in [1.29, 1.82) is 0 Å². The summed E-state index contributed by atoms with van der Waals surface area (Å²) in [6.45, 7) is 0.230. The maximum atomic E-state index is 12.5. The normalized spacial score (nSPS) is 16.2. The van der Waals surface area contributed by atoms with E-state index < -0.39 is 5.60 Å². The molecule has 1 heterocycles. The number of hydrogen-bond donors (Lipinski definition) is 2. The number of aliphatic hydroxyl groups is 1. The average Bonchev–Trinajstić information content (AvgIpc) is 3.24. The lowest BCUT2D eigenvalue weighted by atomic mass is 10.00. The van der Waals surface area contributed by atoms with Crippen LogP contribution in [-0.2, 0) is 0 Å². The number of benzene rings is 1. The van der Waals surface area contributed by atoms with Crippen molar-refractivity contribution in [2.75, 3.05) is 6.54 Å². The molecule has 0 saturated heterocycles. The topological polar surface area (TPSA) is 66.4 Å². The summed E-state index contributed by atoms with van der Waals surface area (Å²) >= 11 is 1.36. The molecular weight excluding hydrogens is 310 g/mol. The monoisotopic (exact) mass is 329 g/mol. The van der Waals surface area contributed by atoms with Gasteiger partial charge in [0.1, 0.15) is 0 Å². The number of carbonyl (C=O) groups excluding carboxylic acids is 2. The molecule has 1 aliphatic carbocycles. The highest BCUT2D eigenvalue weighted by molar-refractivity contribution is 7.12. The molecule has 1 amide bonds. The Kier molecular flexibility index (Phi) is 4.59. The molecule has 1 fully saturated rings. The minimum atomic E-state index is -0.803. The third-order valence-corrected chi connectivity index (χ3v) is 5.14. The highest BCUT2D eigenvalue weighted by Crippen LogP contribution is 2.28. The number of ketones is 1. The van der Waals surface area contributed by atoms with E-state index in [1.807, 2.05) is 11.4 Å². The molecule has 0 bridgehead atoms. The molecule has 2 N–H and O–H groups in total. The van der Waals surface area contributed by atoms with E-state index in [-0.39, 0.29) is 18.2 Å². The SMILES string of the molecule is O=C(NCC1(O)CCCC1)c1ccccc1C(=O)c1cccs1. The van der Waals surface area contributed by atoms with Crippen LogP contribution in [0, 0.1) is 0 Å². The largest absolute Gasteiger partial charge is 0.388 e. The van der Waals surface area contributed by atoms with Gasteiger partial charge in [0.25, 0.3) is 5.91 Å². The molecule has 1 aliphatic rings. The van der Waals surface area contributed by atoms with Gasteiger partial charge in [-0.2, -0.15) is 0 Å². The van der Waals surface area contributed by atoms with E-state index in [4.69, 9.17) is 0 Å². The second-order valence-electron chi connectivity index (χ2n) is 5.97. The minimum absolute atomic E-state index is 0.148. The molecule has 120 valence electrons. The molecule has 0 atom stereocenters. The van der Waals surface area contributed by atoms with Crippen molar-refractivity contribution in [3.63, 3.8) is 0 Å². The van der Waals surface area contributed by atoms with E-state index in [1.54, 1.807) is 30.3 Å². The molecule has 1 aromatic heterocycles. The van der Waals surface area contributed by atoms with E-state index in [0.717, 1.165) is 12.8 Å². The predicted molar refractivity (Wildman–Crippen MR) is 89.9 cm³/mol. The van der Waals surface area contributed by atoms with E-state index >= 15 is 0 Å². The van der Waals surface area contributed by atoms with Gasteiger partial charge in [-0.15, -0.1) is 11.3 Å². The quantitative estimate of drug-likeness (QED) is 0.829. The summed E-state index contributed by atoms with van der Waals surface area (Å²) in [5.41, 5.74) is -0.0547. The number of amides is 1. The van der Waals surface area contributed by atoms with E-state index in [2.05, 4.69) is 5.32 Å². The van der Waals surface area contributed by atoms with Gasteiger partial charge in [-0.1, -0.05) is 37.1 Å². The summed E-state index contributed by atoms with van der Waals surface area (Å²) in [7, 11) is 0. The Balaban J connectivity index is 1.77. The van der Waals surface area contributed by atoms with Crippen LogP contribution in [0.3, 0.4) is 0 Å². The highest BCUT2D eigenvalue weighted by Gasteiger charge is 2.31. The Hall–Kier alpha value is -1.98. The van der Waals surface area contributed by atoms with E-state index in [0.29, 0.717) is 28.8 Å². The molecule has 23 heavy (non-hydrogen) atoms. The van der Waals surface area contributed by atoms with Gasteiger partial charge in [0.05, 0.1) is 16.0 Å². The van der Waals surface area contributed by atoms with Crippen LogP contribution in [-0.4, -0.2) is 28.9 Å². The van der Waals surface area contributed by atoms with E-state index in [9.17, 15) is 14.7 Å². The Morgan fingerprint density at radius 3 is 2.43 bits per heavy atom. The van der Waals surface area contributed by atoms with Gasteiger partial charge in [0, 0.05) is 12.1 Å². The Morgan fingerprint density at radius 1 is 1.09 bits per heavy atom. The maximum Gasteiger partial charge on any atom is 0.252 e. The number of thiophene rings is 1. The summed E-state index contributed by atoms with van der Waals surface area (Å²) in [6, 6.07) is 10.4. The smallest absolute Gasteiger partial charge is 0.252 e. The Labute approximate surface area is 139 Å². The molecule has 0 radical (unpaired) electrons. The van der Waals surface area contributed by atoms with Crippen LogP contribution in [0.15, 0.2) is 41.8 Å². The van der Waals surface area contributed by atoms with Crippen LogP contribution in [0.25, 0.3) is 0 Å². The third kappa shape index (κ3) is 3.51.